The second-order valence-electron chi connectivity index (χ2n) is 10.6. The lowest BCUT2D eigenvalue weighted by Gasteiger charge is -2.28. The van der Waals surface area contributed by atoms with Crippen molar-refractivity contribution >= 4 is 28.0 Å². The number of carboxylic acids is 1. The minimum atomic E-state index is -1.16. The normalized spacial score (nSPS) is 17.6. The molecule has 1 fully saturated rings. The second kappa shape index (κ2) is 11.4. The number of halogens is 1. The zero-order chi connectivity index (χ0) is 25.9. The number of hydrogen-bond acceptors (Lipinski definition) is 5. The largest absolute Gasteiger partial charge is 0.493 e. The predicted octanol–water partition coefficient (Wildman–Crippen LogP) is 6.92. The molecular weight excluding hydrogens is 522 g/mol. The van der Waals surface area contributed by atoms with Crippen molar-refractivity contribution in [1.29, 1.82) is 0 Å². The smallest absolute Gasteiger partial charge is 0.337 e. The zero-order valence-electron chi connectivity index (χ0n) is 21.6. The molecular formula is C29H36BrNO5. The molecule has 0 spiro atoms. The van der Waals surface area contributed by atoms with Crippen LogP contribution >= 0.6 is 15.9 Å². The van der Waals surface area contributed by atoms with Gasteiger partial charge in [-0.25, -0.2) is 4.79 Å². The standard InChI is InChI=1S/C29H36BrNO5/c1-18-24(27(28(32)33)36-29(2,3)4)25(21-10-11-23-20(17-21)8-6-14-35-23)26(30)22(31-18)9-5-7-19-12-15-34-16-13-19/h5,9-11,17,19,27H,6-8,12-16H2,1-4H3,(H,32,33)/b9-5+. The summed E-state index contributed by atoms with van der Waals surface area (Å²) >= 11 is 3.81. The fourth-order valence-electron chi connectivity index (χ4n) is 4.89. The van der Waals surface area contributed by atoms with Gasteiger partial charge in [0, 0.05) is 30.0 Å². The van der Waals surface area contributed by atoms with Crippen LogP contribution in [0.3, 0.4) is 0 Å². The number of carboxylic acid groups (broad SMARTS) is 1. The molecule has 0 bridgehead atoms. The van der Waals surface area contributed by atoms with E-state index in [2.05, 4.69) is 28.1 Å². The Morgan fingerprint density at radius 2 is 2.03 bits per heavy atom. The molecule has 0 amide bonds. The van der Waals surface area contributed by atoms with Gasteiger partial charge >= 0.3 is 5.97 Å². The molecule has 2 aliphatic rings. The third-order valence-corrected chi connectivity index (χ3v) is 7.44. The topological polar surface area (TPSA) is 77.9 Å². The van der Waals surface area contributed by atoms with Crippen molar-refractivity contribution in [1.82, 2.24) is 4.98 Å². The summed E-state index contributed by atoms with van der Waals surface area (Å²) in [5, 5.41) is 10.2. The molecule has 194 valence electrons. The maximum Gasteiger partial charge on any atom is 0.337 e. The van der Waals surface area contributed by atoms with Crippen LogP contribution in [0, 0.1) is 12.8 Å². The third-order valence-electron chi connectivity index (χ3n) is 6.63. The Kier molecular flexibility index (Phi) is 8.53. The first kappa shape index (κ1) is 26.8. The lowest BCUT2D eigenvalue weighted by molar-refractivity contribution is -0.160. The van der Waals surface area contributed by atoms with Crippen LogP contribution in [0.2, 0.25) is 0 Å². The molecule has 4 rings (SSSR count). The van der Waals surface area contributed by atoms with Crippen LogP contribution in [0.4, 0.5) is 0 Å². The van der Waals surface area contributed by atoms with Crippen LogP contribution in [-0.4, -0.2) is 41.5 Å². The van der Waals surface area contributed by atoms with Crippen molar-refractivity contribution in [2.45, 2.75) is 71.5 Å². The summed E-state index contributed by atoms with van der Waals surface area (Å²) in [5.41, 5.74) is 4.21. The van der Waals surface area contributed by atoms with E-state index in [0.29, 0.717) is 17.2 Å². The first-order valence-corrected chi connectivity index (χ1v) is 13.5. The van der Waals surface area contributed by atoms with E-state index >= 15 is 0 Å². The number of hydrogen-bond donors (Lipinski definition) is 1. The molecule has 1 aromatic heterocycles. The molecule has 0 saturated carbocycles. The van der Waals surface area contributed by atoms with Gasteiger partial charge in [-0.3, -0.25) is 4.98 Å². The summed E-state index contributed by atoms with van der Waals surface area (Å²) in [6.45, 7) is 9.83. The second-order valence-corrected chi connectivity index (χ2v) is 11.4. The third kappa shape index (κ3) is 6.36. The van der Waals surface area contributed by atoms with E-state index in [-0.39, 0.29) is 0 Å². The van der Waals surface area contributed by atoms with Gasteiger partial charge in [-0.05, 0) is 111 Å². The molecule has 0 aliphatic carbocycles. The van der Waals surface area contributed by atoms with Crippen LogP contribution in [0.15, 0.2) is 28.7 Å². The SMILES string of the molecule is Cc1nc(/C=C/CC2CCOCC2)c(Br)c(-c2ccc3c(c2)CCCO3)c1C(OC(C)(C)C)C(=O)O. The van der Waals surface area contributed by atoms with Gasteiger partial charge in [0.1, 0.15) is 5.75 Å². The van der Waals surface area contributed by atoms with Crippen molar-refractivity contribution < 1.29 is 24.1 Å². The molecule has 1 atom stereocenters. The maximum absolute atomic E-state index is 12.5. The molecule has 36 heavy (non-hydrogen) atoms. The van der Waals surface area contributed by atoms with Crippen molar-refractivity contribution in [3.05, 3.63) is 51.3 Å². The van der Waals surface area contributed by atoms with Crippen LogP contribution in [0.5, 0.6) is 5.75 Å². The molecule has 2 aliphatic heterocycles. The molecule has 1 unspecified atom stereocenters. The monoisotopic (exact) mass is 557 g/mol. The van der Waals surface area contributed by atoms with Gasteiger partial charge in [0.15, 0.2) is 6.10 Å². The van der Waals surface area contributed by atoms with E-state index < -0.39 is 17.7 Å². The first-order chi connectivity index (χ1) is 17.1. The first-order valence-electron chi connectivity index (χ1n) is 12.7. The molecule has 1 saturated heterocycles. The van der Waals surface area contributed by atoms with Crippen LogP contribution < -0.4 is 4.74 Å². The van der Waals surface area contributed by atoms with Gasteiger partial charge in [-0.1, -0.05) is 12.1 Å². The maximum atomic E-state index is 12.5. The summed E-state index contributed by atoms with van der Waals surface area (Å²) in [7, 11) is 0. The van der Waals surface area contributed by atoms with E-state index in [1.54, 1.807) is 0 Å². The van der Waals surface area contributed by atoms with Crippen molar-refractivity contribution in [2.24, 2.45) is 5.92 Å². The number of nitrogens with zero attached hydrogens (tertiary/aromatic N) is 1. The van der Waals surface area contributed by atoms with Gasteiger partial charge in [-0.15, -0.1) is 0 Å². The molecule has 1 N–H and O–H groups in total. The Labute approximate surface area is 222 Å². The number of aliphatic carboxylic acids is 1. The zero-order valence-corrected chi connectivity index (χ0v) is 23.2. The number of fused-ring (bicyclic) bond motifs is 1. The minimum absolute atomic E-state index is 0.572. The van der Waals surface area contributed by atoms with Crippen LogP contribution in [0.1, 0.15) is 75.1 Å². The predicted molar refractivity (Wildman–Crippen MR) is 144 cm³/mol. The number of aromatic nitrogens is 1. The van der Waals surface area contributed by atoms with E-state index in [0.717, 1.165) is 84.5 Å². The van der Waals surface area contributed by atoms with Gasteiger partial charge in [0.2, 0.25) is 0 Å². The Morgan fingerprint density at radius 3 is 2.72 bits per heavy atom. The van der Waals surface area contributed by atoms with Crippen molar-refractivity contribution in [2.75, 3.05) is 19.8 Å². The molecule has 0 radical (unpaired) electrons. The van der Waals surface area contributed by atoms with Gasteiger partial charge < -0.3 is 19.3 Å². The lowest BCUT2D eigenvalue weighted by atomic mass is 9.91. The number of aryl methyl sites for hydroxylation is 2. The van der Waals surface area contributed by atoms with Gasteiger partial charge in [0.05, 0.1) is 22.4 Å². The van der Waals surface area contributed by atoms with Crippen LogP contribution in [0.25, 0.3) is 17.2 Å². The average Bonchev–Trinajstić information content (AvgIpc) is 2.84. The Morgan fingerprint density at radius 1 is 1.28 bits per heavy atom. The molecule has 6 nitrogen and oxygen atoms in total. The molecule has 3 heterocycles. The molecule has 1 aromatic carbocycles. The highest BCUT2D eigenvalue weighted by atomic mass is 79.9. The molecule has 7 heteroatoms. The van der Waals surface area contributed by atoms with E-state index in [1.807, 2.05) is 45.9 Å². The highest BCUT2D eigenvalue weighted by molar-refractivity contribution is 9.10. The van der Waals surface area contributed by atoms with E-state index in [4.69, 9.17) is 19.2 Å². The minimum Gasteiger partial charge on any atom is -0.493 e. The summed E-state index contributed by atoms with van der Waals surface area (Å²) in [5.74, 6) is 0.476. The van der Waals surface area contributed by atoms with Crippen molar-refractivity contribution in [3.63, 3.8) is 0 Å². The Hall–Kier alpha value is -2.22. The summed E-state index contributed by atoms with van der Waals surface area (Å²) in [4.78, 5) is 17.3. The van der Waals surface area contributed by atoms with Gasteiger partial charge in [0.25, 0.3) is 0 Å². The molecule has 2 aromatic rings. The lowest BCUT2D eigenvalue weighted by Crippen LogP contribution is -2.28. The number of pyridine rings is 1. The Bertz CT molecular complexity index is 1130. The van der Waals surface area contributed by atoms with E-state index in [1.165, 1.54) is 0 Å². The number of ether oxygens (including phenoxy) is 3. The summed E-state index contributed by atoms with van der Waals surface area (Å²) in [6, 6.07) is 6.10. The highest BCUT2D eigenvalue weighted by Gasteiger charge is 2.33. The van der Waals surface area contributed by atoms with Gasteiger partial charge in [-0.2, -0.15) is 0 Å². The quantitative estimate of drug-likeness (QED) is 0.398. The average molecular weight is 559 g/mol. The summed E-state index contributed by atoms with van der Waals surface area (Å²) < 4.78 is 18.2. The summed E-state index contributed by atoms with van der Waals surface area (Å²) in [6.07, 6.45) is 8.07. The number of carbonyl (C=O) groups is 1. The fourth-order valence-corrected chi connectivity index (χ4v) is 5.55. The Balaban J connectivity index is 1.81. The number of benzene rings is 1. The highest BCUT2D eigenvalue weighted by Crippen LogP contribution is 2.42. The van der Waals surface area contributed by atoms with Crippen LogP contribution in [-0.2, 0) is 20.7 Å². The number of rotatable bonds is 7. The number of allylic oxidation sites excluding steroid dienone is 1. The van der Waals surface area contributed by atoms with Crippen molar-refractivity contribution in [3.8, 4) is 16.9 Å². The fraction of sp³-hybridized carbons (Fsp3) is 0.517. The van der Waals surface area contributed by atoms with E-state index in [9.17, 15) is 9.90 Å².